The standard InChI is InChI=1S/C14H13N5/c1-11-10-13(19-9-5-8-15-19)18-14(16-11)17-12-6-3-2-4-7-12/h2-10H,1H3,(H,16,17,18). The van der Waals surface area contributed by atoms with E-state index in [0.29, 0.717) is 5.95 Å². The van der Waals surface area contributed by atoms with E-state index in [2.05, 4.69) is 20.4 Å². The first-order valence-corrected chi connectivity index (χ1v) is 5.99. The number of aromatic nitrogens is 4. The molecule has 0 unspecified atom stereocenters. The van der Waals surface area contributed by atoms with Crippen molar-refractivity contribution in [3.63, 3.8) is 0 Å². The molecule has 0 fully saturated rings. The van der Waals surface area contributed by atoms with Gasteiger partial charge < -0.3 is 5.32 Å². The average Bonchev–Trinajstić information content (AvgIpc) is 2.93. The number of hydrogen-bond acceptors (Lipinski definition) is 4. The van der Waals surface area contributed by atoms with Crippen molar-refractivity contribution in [1.82, 2.24) is 19.7 Å². The third-order valence-electron chi connectivity index (χ3n) is 2.61. The minimum absolute atomic E-state index is 0.566. The van der Waals surface area contributed by atoms with E-state index >= 15 is 0 Å². The Morgan fingerprint density at radius 3 is 2.63 bits per heavy atom. The highest BCUT2D eigenvalue weighted by Crippen LogP contribution is 2.14. The molecule has 0 aliphatic heterocycles. The lowest BCUT2D eigenvalue weighted by atomic mass is 10.3. The van der Waals surface area contributed by atoms with Gasteiger partial charge in [-0.1, -0.05) is 18.2 Å². The van der Waals surface area contributed by atoms with Gasteiger partial charge in [-0.3, -0.25) is 0 Å². The van der Waals surface area contributed by atoms with Crippen LogP contribution in [0.3, 0.4) is 0 Å². The number of aryl methyl sites for hydroxylation is 1. The lowest BCUT2D eigenvalue weighted by molar-refractivity contribution is 0.837. The van der Waals surface area contributed by atoms with Crippen LogP contribution < -0.4 is 5.32 Å². The normalized spacial score (nSPS) is 10.4. The Kier molecular flexibility index (Phi) is 2.94. The molecule has 3 aromatic rings. The highest BCUT2D eigenvalue weighted by molar-refractivity contribution is 5.53. The van der Waals surface area contributed by atoms with Crippen LogP contribution in [0.5, 0.6) is 0 Å². The lowest BCUT2D eigenvalue weighted by Crippen LogP contribution is -2.04. The first-order chi connectivity index (χ1) is 9.31. The van der Waals surface area contributed by atoms with Gasteiger partial charge in [0.15, 0.2) is 5.82 Å². The zero-order chi connectivity index (χ0) is 13.1. The molecule has 0 amide bonds. The van der Waals surface area contributed by atoms with Gasteiger partial charge in [-0.15, -0.1) is 0 Å². The molecule has 0 radical (unpaired) electrons. The minimum atomic E-state index is 0.566. The van der Waals surface area contributed by atoms with Gasteiger partial charge in [0.25, 0.3) is 0 Å². The second kappa shape index (κ2) is 4.89. The van der Waals surface area contributed by atoms with Gasteiger partial charge in [0.1, 0.15) is 0 Å². The van der Waals surface area contributed by atoms with Crippen molar-refractivity contribution in [1.29, 1.82) is 0 Å². The maximum Gasteiger partial charge on any atom is 0.229 e. The van der Waals surface area contributed by atoms with Gasteiger partial charge in [-0.05, 0) is 25.1 Å². The van der Waals surface area contributed by atoms with Crippen molar-refractivity contribution in [2.45, 2.75) is 6.92 Å². The van der Waals surface area contributed by atoms with Crippen LogP contribution in [0.25, 0.3) is 5.82 Å². The first-order valence-electron chi connectivity index (χ1n) is 5.99. The monoisotopic (exact) mass is 251 g/mol. The quantitative estimate of drug-likeness (QED) is 0.777. The van der Waals surface area contributed by atoms with Crippen molar-refractivity contribution < 1.29 is 0 Å². The van der Waals surface area contributed by atoms with E-state index in [9.17, 15) is 0 Å². The van der Waals surface area contributed by atoms with Gasteiger partial charge >= 0.3 is 0 Å². The van der Waals surface area contributed by atoms with Crippen molar-refractivity contribution in [3.8, 4) is 5.82 Å². The summed E-state index contributed by atoms with van der Waals surface area (Å²) in [6.45, 7) is 1.94. The molecule has 0 bridgehead atoms. The Bertz CT molecular complexity index is 662. The Balaban J connectivity index is 1.94. The van der Waals surface area contributed by atoms with E-state index < -0.39 is 0 Å². The summed E-state index contributed by atoms with van der Waals surface area (Å²) in [7, 11) is 0. The van der Waals surface area contributed by atoms with Crippen molar-refractivity contribution in [2.24, 2.45) is 0 Å². The Labute approximate surface area is 111 Å². The summed E-state index contributed by atoms with van der Waals surface area (Å²) in [5.41, 5.74) is 1.85. The molecule has 94 valence electrons. The number of hydrogen-bond donors (Lipinski definition) is 1. The Hall–Kier alpha value is -2.69. The topological polar surface area (TPSA) is 55.6 Å². The van der Waals surface area contributed by atoms with Crippen LogP contribution in [-0.2, 0) is 0 Å². The molecule has 0 aliphatic carbocycles. The predicted octanol–water partition coefficient (Wildman–Crippen LogP) is 2.71. The summed E-state index contributed by atoms with van der Waals surface area (Å²) in [5, 5.41) is 7.36. The van der Waals surface area contributed by atoms with Crippen LogP contribution in [0.1, 0.15) is 5.69 Å². The minimum Gasteiger partial charge on any atom is -0.324 e. The van der Waals surface area contributed by atoms with E-state index in [4.69, 9.17) is 0 Å². The Morgan fingerprint density at radius 1 is 1.05 bits per heavy atom. The number of benzene rings is 1. The summed E-state index contributed by atoms with van der Waals surface area (Å²) >= 11 is 0. The van der Waals surface area contributed by atoms with Gasteiger partial charge in [-0.2, -0.15) is 10.1 Å². The van der Waals surface area contributed by atoms with Crippen LogP contribution in [-0.4, -0.2) is 19.7 Å². The molecule has 1 aromatic carbocycles. The third-order valence-corrected chi connectivity index (χ3v) is 2.61. The van der Waals surface area contributed by atoms with Crippen LogP contribution in [0.2, 0.25) is 0 Å². The molecule has 5 nitrogen and oxygen atoms in total. The van der Waals surface area contributed by atoms with Gasteiger partial charge in [0, 0.05) is 29.8 Å². The van der Waals surface area contributed by atoms with Crippen LogP contribution in [0.15, 0.2) is 54.9 Å². The highest BCUT2D eigenvalue weighted by atomic mass is 15.3. The number of para-hydroxylation sites is 1. The number of nitrogens with zero attached hydrogens (tertiary/aromatic N) is 4. The zero-order valence-corrected chi connectivity index (χ0v) is 10.5. The van der Waals surface area contributed by atoms with Crippen molar-refractivity contribution in [3.05, 3.63) is 60.6 Å². The molecule has 0 saturated heterocycles. The molecule has 3 rings (SSSR count). The second-order valence-electron chi connectivity index (χ2n) is 4.13. The van der Waals surface area contributed by atoms with Gasteiger partial charge in [0.2, 0.25) is 5.95 Å². The maximum atomic E-state index is 4.45. The van der Waals surface area contributed by atoms with Crippen LogP contribution in [0.4, 0.5) is 11.6 Å². The SMILES string of the molecule is Cc1cc(-n2cccn2)nc(Nc2ccccc2)n1. The Morgan fingerprint density at radius 2 is 1.89 bits per heavy atom. The highest BCUT2D eigenvalue weighted by Gasteiger charge is 2.04. The molecule has 19 heavy (non-hydrogen) atoms. The fourth-order valence-corrected chi connectivity index (χ4v) is 1.78. The fraction of sp³-hybridized carbons (Fsp3) is 0.0714. The van der Waals surface area contributed by atoms with Gasteiger partial charge in [-0.25, -0.2) is 9.67 Å². The van der Waals surface area contributed by atoms with Crippen molar-refractivity contribution >= 4 is 11.6 Å². The lowest BCUT2D eigenvalue weighted by Gasteiger charge is -2.08. The largest absolute Gasteiger partial charge is 0.324 e. The summed E-state index contributed by atoms with van der Waals surface area (Å²) < 4.78 is 1.71. The van der Waals surface area contributed by atoms with E-state index in [-0.39, 0.29) is 0 Å². The molecule has 0 atom stereocenters. The van der Waals surface area contributed by atoms with Gasteiger partial charge in [0.05, 0.1) is 0 Å². The summed E-state index contributed by atoms with van der Waals surface area (Å²) in [4.78, 5) is 8.83. The van der Waals surface area contributed by atoms with E-state index in [1.807, 2.05) is 55.6 Å². The molecule has 2 heterocycles. The van der Waals surface area contributed by atoms with E-state index in [1.54, 1.807) is 10.9 Å². The maximum absolute atomic E-state index is 4.45. The average molecular weight is 251 g/mol. The molecular formula is C14H13N5. The second-order valence-corrected chi connectivity index (χ2v) is 4.13. The zero-order valence-electron chi connectivity index (χ0n) is 10.5. The molecule has 5 heteroatoms. The number of rotatable bonds is 3. The van der Waals surface area contributed by atoms with Crippen molar-refractivity contribution in [2.75, 3.05) is 5.32 Å². The third kappa shape index (κ3) is 2.60. The molecule has 0 aliphatic rings. The molecule has 1 N–H and O–H groups in total. The smallest absolute Gasteiger partial charge is 0.229 e. The first kappa shape index (κ1) is 11.4. The fourth-order valence-electron chi connectivity index (χ4n) is 1.78. The summed E-state index contributed by atoms with van der Waals surface area (Å²) in [6, 6.07) is 13.6. The molecule has 0 saturated carbocycles. The van der Waals surface area contributed by atoms with E-state index in [0.717, 1.165) is 17.2 Å². The molecular weight excluding hydrogens is 238 g/mol. The molecule has 0 spiro atoms. The van der Waals surface area contributed by atoms with Crippen LogP contribution in [0, 0.1) is 6.92 Å². The summed E-state index contributed by atoms with van der Waals surface area (Å²) in [6.07, 6.45) is 3.58. The number of nitrogens with one attached hydrogen (secondary N) is 1. The predicted molar refractivity (Wildman–Crippen MR) is 73.6 cm³/mol. The number of anilines is 2. The molecule has 2 aromatic heterocycles. The van der Waals surface area contributed by atoms with Crippen LogP contribution >= 0.6 is 0 Å². The van der Waals surface area contributed by atoms with E-state index in [1.165, 1.54) is 0 Å². The summed E-state index contributed by atoms with van der Waals surface area (Å²) in [5.74, 6) is 1.31.